The lowest BCUT2D eigenvalue weighted by atomic mass is 9.96. The van der Waals surface area contributed by atoms with E-state index >= 15 is 0 Å². The highest BCUT2D eigenvalue weighted by Crippen LogP contribution is 2.17. The van der Waals surface area contributed by atoms with Crippen LogP contribution in [0.4, 0.5) is 13.2 Å². The number of alkyl halides is 3. The molecule has 0 aromatic carbocycles. The lowest BCUT2D eigenvalue weighted by molar-refractivity contribution is -0.137. The summed E-state index contributed by atoms with van der Waals surface area (Å²) in [4.78, 5) is 15.0. The molecule has 0 saturated carbocycles. The van der Waals surface area contributed by atoms with Gasteiger partial charge in [0.2, 0.25) is 0 Å². The van der Waals surface area contributed by atoms with Gasteiger partial charge < -0.3 is 10.1 Å². The summed E-state index contributed by atoms with van der Waals surface area (Å²) in [5.74, 6) is -0.590. The normalized spacial score (nSPS) is 15.4. The Morgan fingerprint density at radius 2 is 1.92 bits per heavy atom. The van der Waals surface area contributed by atoms with Gasteiger partial charge in [0.1, 0.15) is 12.4 Å². The average molecular weight is 372 g/mol. The van der Waals surface area contributed by atoms with Crippen molar-refractivity contribution in [3.05, 3.63) is 48.2 Å². The van der Waals surface area contributed by atoms with Gasteiger partial charge in [-0.05, 0) is 24.8 Å². The lowest BCUT2D eigenvalue weighted by Crippen LogP contribution is -2.29. The van der Waals surface area contributed by atoms with Crippen molar-refractivity contribution in [2.45, 2.75) is 47.0 Å². The van der Waals surface area contributed by atoms with Crippen molar-refractivity contribution in [1.29, 1.82) is 0 Å². The Morgan fingerprint density at radius 3 is 2.38 bits per heavy atom. The maximum atomic E-state index is 12.5. The zero-order chi connectivity index (χ0) is 20.4. The van der Waals surface area contributed by atoms with E-state index in [9.17, 15) is 18.0 Å². The molecular formula is C19H27F3N2O2. The summed E-state index contributed by atoms with van der Waals surface area (Å²) >= 11 is 0. The minimum atomic E-state index is -4.55. The van der Waals surface area contributed by atoms with Gasteiger partial charge in [0.25, 0.3) is 0 Å². The zero-order valence-corrected chi connectivity index (χ0v) is 15.9. The minimum Gasteiger partial charge on any atom is -0.463 e. The third kappa shape index (κ3) is 12.1. The number of hydrogen-bond donors (Lipinski definition) is 1. The summed E-state index contributed by atoms with van der Waals surface area (Å²) in [5, 5.41) is 2.77. The van der Waals surface area contributed by atoms with Crippen molar-refractivity contribution in [3.8, 4) is 0 Å². The Morgan fingerprint density at radius 1 is 1.31 bits per heavy atom. The molecule has 0 bridgehead atoms. The monoisotopic (exact) mass is 372 g/mol. The number of nitrogens with one attached hydrogen (secondary N) is 1. The standard InChI is InChI=1S/C19H27F3N2O2/c1-7-15(10-9-11-18(4,5)6)17(23-13-19(20,21)22)24-14(3)12-16(25)26-8-2/h7,9-13,17,24H,1,8H2,2-6H3/b11-9+,14-12+,15-10+,23-13?. The zero-order valence-electron chi connectivity index (χ0n) is 15.9. The number of rotatable bonds is 8. The molecule has 0 radical (unpaired) electrons. The van der Waals surface area contributed by atoms with Crippen LogP contribution < -0.4 is 5.32 Å². The molecule has 0 fully saturated rings. The van der Waals surface area contributed by atoms with E-state index in [2.05, 4.69) is 16.9 Å². The molecule has 0 spiro atoms. The molecule has 0 saturated heterocycles. The fourth-order valence-corrected chi connectivity index (χ4v) is 1.70. The molecule has 0 aromatic rings. The molecule has 0 heterocycles. The summed E-state index contributed by atoms with van der Waals surface area (Å²) < 4.78 is 42.3. The van der Waals surface area contributed by atoms with E-state index in [1.807, 2.05) is 26.8 Å². The number of carbonyl (C=O) groups is 1. The Hall–Kier alpha value is -2.31. The Bertz CT molecular complexity index is 595. The van der Waals surface area contributed by atoms with E-state index in [-0.39, 0.29) is 18.2 Å². The molecule has 1 unspecified atom stereocenters. The van der Waals surface area contributed by atoms with Gasteiger partial charge in [0.05, 0.1) is 6.61 Å². The van der Waals surface area contributed by atoms with Crippen molar-refractivity contribution >= 4 is 12.2 Å². The van der Waals surface area contributed by atoms with Crippen LogP contribution in [0.5, 0.6) is 0 Å². The third-order valence-electron chi connectivity index (χ3n) is 2.79. The SMILES string of the molecule is C=C/C(=C\C=C\C(C)(C)C)C(N=CC(F)(F)F)N/C(C)=C/C(=O)OCC. The van der Waals surface area contributed by atoms with E-state index in [0.717, 1.165) is 6.08 Å². The number of carbonyl (C=O) groups excluding carboxylic acids is 1. The topological polar surface area (TPSA) is 50.7 Å². The predicted octanol–water partition coefficient (Wildman–Crippen LogP) is 4.72. The quantitative estimate of drug-likeness (QED) is 0.290. The second kappa shape index (κ2) is 10.6. The lowest BCUT2D eigenvalue weighted by Gasteiger charge is -2.18. The molecule has 0 aliphatic carbocycles. The van der Waals surface area contributed by atoms with Crippen LogP contribution in [0.2, 0.25) is 0 Å². The molecule has 146 valence electrons. The first-order chi connectivity index (χ1) is 11.9. The maximum Gasteiger partial charge on any atom is 0.426 e. The molecule has 0 rings (SSSR count). The highest BCUT2D eigenvalue weighted by Gasteiger charge is 2.25. The molecule has 0 amide bonds. The number of ether oxygens (including phenoxy) is 1. The first kappa shape index (κ1) is 23.7. The Kier molecular flexibility index (Phi) is 9.69. The summed E-state index contributed by atoms with van der Waals surface area (Å²) in [6.45, 7) is 13.0. The van der Waals surface area contributed by atoms with Gasteiger partial charge in [-0.3, -0.25) is 4.99 Å². The molecule has 1 N–H and O–H groups in total. The molecule has 0 aliphatic heterocycles. The summed E-state index contributed by atoms with van der Waals surface area (Å²) in [5.41, 5.74) is 0.656. The molecule has 0 aromatic heterocycles. The predicted molar refractivity (Wildman–Crippen MR) is 98.7 cm³/mol. The molecule has 1 atom stereocenters. The van der Waals surface area contributed by atoms with E-state index in [1.54, 1.807) is 26.0 Å². The third-order valence-corrected chi connectivity index (χ3v) is 2.79. The Labute approximate surface area is 153 Å². The summed E-state index contributed by atoms with van der Waals surface area (Å²) in [6.07, 6.45) is 2.15. The number of allylic oxidation sites excluding steroid dienone is 4. The minimum absolute atomic E-state index is 0.0827. The first-order valence-electron chi connectivity index (χ1n) is 8.12. The van der Waals surface area contributed by atoms with Crippen molar-refractivity contribution in [2.75, 3.05) is 6.61 Å². The Balaban J connectivity index is 5.60. The fraction of sp³-hybridized carbons (Fsp3) is 0.474. The van der Waals surface area contributed by atoms with Crippen molar-refractivity contribution < 1.29 is 22.7 Å². The van der Waals surface area contributed by atoms with Gasteiger partial charge >= 0.3 is 12.1 Å². The number of halogens is 3. The molecule has 0 aliphatic rings. The summed E-state index contributed by atoms with van der Waals surface area (Å²) in [6, 6.07) is 0. The fourth-order valence-electron chi connectivity index (χ4n) is 1.70. The first-order valence-corrected chi connectivity index (χ1v) is 8.12. The van der Waals surface area contributed by atoms with Crippen LogP contribution >= 0.6 is 0 Å². The largest absolute Gasteiger partial charge is 0.463 e. The smallest absolute Gasteiger partial charge is 0.426 e. The van der Waals surface area contributed by atoms with Crippen LogP contribution in [-0.4, -0.2) is 31.1 Å². The number of hydrogen-bond acceptors (Lipinski definition) is 4. The average Bonchev–Trinajstić information content (AvgIpc) is 2.46. The number of esters is 1. The van der Waals surface area contributed by atoms with Gasteiger partial charge in [-0.1, -0.05) is 51.7 Å². The molecule has 4 nitrogen and oxygen atoms in total. The van der Waals surface area contributed by atoms with Crippen LogP contribution in [0.3, 0.4) is 0 Å². The van der Waals surface area contributed by atoms with Crippen LogP contribution in [0.15, 0.2) is 53.2 Å². The highest BCUT2D eigenvalue weighted by molar-refractivity contribution is 5.82. The van der Waals surface area contributed by atoms with Gasteiger partial charge in [-0.2, -0.15) is 13.2 Å². The second-order valence-electron chi connectivity index (χ2n) is 6.54. The molecular weight excluding hydrogens is 345 g/mol. The molecule has 7 heteroatoms. The maximum absolute atomic E-state index is 12.5. The van der Waals surface area contributed by atoms with Gasteiger partial charge in [0.15, 0.2) is 0 Å². The highest BCUT2D eigenvalue weighted by atomic mass is 19.4. The van der Waals surface area contributed by atoms with Gasteiger partial charge in [-0.15, -0.1) is 0 Å². The van der Waals surface area contributed by atoms with Crippen molar-refractivity contribution in [2.24, 2.45) is 10.4 Å². The second-order valence-corrected chi connectivity index (χ2v) is 6.54. The van der Waals surface area contributed by atoms with Crippen LogP contribution in [0.25, 0.3) is 0 Å². The van der Waals surface area contributed by atoms with E-state index in [4.69, 9.17) is 4.74 Å². The van der Waals surface area contributed by atoms with Crippen LogP contribution in [0, 0.1) is 5.41 Å². The van der Waals surface area contributed by atoms with Crippen molar-refractivity contribution in [1.82, 2.24) is 5.32 Å². The summed E-state index contributed by atoms with van der Waals surface area (Å²) in [7, 11) is 0. The van der Waals surface area contributed by atoms with E-state index in [1.165, 1.54) is 6.08 Å². The van der Waals surface area contributed by atoms with Crippen molar-refractivity contribution in [3.63, 3.8) is 0 Å². The molecule has 26 heavy (non-hydrogen) atoms. The van der Waals surface area contributed by atoms with Crippen LogP contribution in [0.1, 0.15) is 34.6 Å². The van der Waals surface area contributed by atoms with Gasteiger partial charge in [-0.25, -0.2) is 4.79 Å². The van der Waals surface area contributed by atoms with Gasteiger partial charge in [0, 0.05) is 11.8 Å². The van der Waals surface area contributed by atoms with Crippen LogP contribution in [-0.2, 0) is 9.53 Å². The van der Waals surface area contributed by atoms with E-state index < -0.39 is 18.3 Å². The number of aliphatic imine (C=N–C) groups is 1. The van der Waals surface area contributed by atoms with E-state index in [0.29, 0.717) is 11.3 Å². The number of nitrogens with zero attached hydrogens (tertiary/aromatic N) is 1.